The van der Waals surface area contributed by atoms with Gasteiger partial charge in [0, 0.05) is 10.9 Å². The summed E-state index contributed by atoms with van der Waals surface area (Å²) in [6.07, 6.45) is 4.25. The molecule has 72 valence electrons. The number of nitrogens with one attached hydrogen (secondary N) is 1. The minimum Gasteiger partial charge on any atom is -0.309 e. The molecular formula is C11H17NS. The second-order valence-electron chi connectivity index (χ2n) is 3.12. The van der Waals surface area contributed by atoms with E-state index in [1.165, 1.54) is 11.3 Å². The molecule has 0 unspecified atom stereocenters. The lowest BCUT2D eigenvalue weighted by Gasteiger charge is -2.10. The smallest absolute Gasteiger partial charge is 0.0386 e. The monoisotopic (exact) mass is 195 g/mol. The van der Waals surface area contributed by atoms with Crippen LogP contribution < -0.4 is 5.32 Å². The minimum absolute atomic E-state index is 0.491. The molecule has 13 heavy (non-hydrogen) atoms. The topological polar surface area (TPSA) is 12.0 Å². The SMILES string of the molecule is C=CCCCN[C@@H](C)c1cccs1. The van der Waals surface area contributed by atoms with Gasteiger partial charge in [-0.3, -0.25) is 0 Å². The van der Waals surface area contributed by atoms with Gasteiger partial charge in [-0.1, -0.05) is 12.1 Å². The summed E-state index contributed by atoms with van der Waals surface area (Å²) in [5, 5.41) is 5.60. The Morgan fingerprint density at radius 1 is 1.69 bits per heavy atom. The molecule has 1 aromatic rings. The molecule has 2 heteroatoms. The van der Waals surface area contributed by atoms with Gasteiger partial charge in [0.2, 0.25) is 0 Å². The molecule has 1 atom stereocenters. The van der Waals surface area contributed by atoms with E-state index >= 15 is 0 Å². The summed E-state index contributed by atoms with van der Waals surface area (Å²) in [6.45, 7) is 6.98. The van der Waals surface area contributed by atoms with E-state index in [-0.39, 0.29) is 0 Å². The molecule has 1 heterocycles. The van der Waals surface area contributed by atoms with Crippen molar-refractivity contribution in [3.63, 3.8) is 0 Å². The summed E-state index contributed by atoms with van der Waals surface area (Å²) in [5.41, 5.74) is 0. The van der Waals surface area contributed by atoms with E-state index < -0.39 is 0 Å². The van der Waals surface area contributed by atoms with Gasteiger partial charge >= 0.3 is 0 Å². The van der Waals surface area contributed by atoms with Crippen molar-refractivity contribution in [3.8, 4) is 0 Å². The fraction of sp³-hybridized carbons (Fsp3) is 0.455. The molecule has 0 fully saturated rings. The number of rotatable bonds is 6. The summed E-state index contributed by atoms with van der Waals surface area (Å²) in [6, 6.07) is 4.77. The van der Waals surface area contributed by atoms with Crippen LogP contribution >= 0.6 is 11.3 Å². The van der Waals surface area contributed by atoms with E-state index in [0.29, 0.717) is 6.04 Å². The fourth-order valence-electron chi connectivity index (χ4n) is 1.20. The van der Waals surface area contributed by atoms with E-state index in [1.807, 2.05) is 17.4 Å². The van der Waals surface area contributed by atoms with Gasteiger partial charge in [0.05, 0.1) is 0 Å². The van der Waals surface area contributed by atoms with E-state index in [0.717, 1.165) is 13.0 Å². The van der Waals surface area contributed by atoms with E-state index in [4.69, 9.17) is 0 Å². The summed E-state index contributed by atoms with van der Waals surface area (Å²) in [7, 11) is 0. The van der Waals surface area contributed by atoms with Gasteiger partial charge in [-0.25, -0.2) is 0 Å². The molecule has 0 aliphatic carbocycles. The second kappa shape index (κ2) is 5.95. The van der Waals surface area contributed by atoms with Gasteiger partial charge in [-0.15, -0.1) is 17.9 Å². The third-order valence-corrected chi connectivity index (χ3v) is 3.06. The number of thiophene rings is 1. The normalized spacial score (nSPS) is 12.7. The lowest BCUT2D eigenvalue weighted by atomic mass is 10.2. The molecule has 0 saturated heterocycles. The van der Waals surface area contributed by atoms with Crippen LogP contribution in [0.25, 0.3) is 0 Å². The van der Waals surface area contributed by atoms with Crippen molar-refractivity contribution in [1.29, 1.82) is 0 Å². The predicted octanol–water partition coefficient (Wildman–Crippen LogP) is 3.36. The largest absolute Gasteiger partial charge is 0.309 e. The van der Waals surface area contributed by atoms with Gasteiger partial charge in [0.25, 0.3) is 0 Å². The van der Waals surface area contributed by atoms with Gasteiger partial charge < -0.3 is 5.32 Å². The van der Waals surface area contributed by atoms with Crippen molar-refractivity contribution >= 4 is 11.3 Å². The zero-order valence-corrected chi connectivity index (χ0v) is 8.94. The van der Waals surface area contributed by atoms with Crippen LogP contribution in [0.15, 0.2) is 30.2 Å². The summed E-state index contributed by atoms with van der Waals surface area (Å²) in [5.74, 6) is 0. The second-order valence-corrected chi connectivity index (χ2v) is 4.10. The standard InChI is InChI=1S/C11H17NS/c1-3-4-5-8-12-10(2)11-7-6-9-13-11/h3,6-7,9-10,12H,1,4-5,8H2,2H3/t10-/m0/s1. The van der Waals surface area contributed by atoms with Crippen LogP contribution in [0.2, 0.25) is 0 Å². The predicted molar refractivity (Wildman–Crippen MR) is 60.2 cm³/mol. The number of hydrogen-bond acceptors (Lipinski definition) is 2. The van der Waals surface area contributed by atoms with Gasteiger partial charge in [0.1, 0.15) is 0 Å². The summed E-state index contributed by atoms with van der Waals surface area (Å²) < 4.78 is 0. The number of hydrogen-bond donors (Lipinski definition) is 1. The Morgan fingerprint density at radius 3 is 3.15 bits per heavy atom. The lowest BCUT2D eigenvalue weighted by Crippen LogP contribution is -2.18. The van der Waals surface area contributed by atoms with Crippen LogP contribution in [0.3, 0.4) is 0 Å². The molecule has 1 aromatic heterocycles. The Hall–Kier alpha value is -0.600. The van der Waals surface area contributed by atoms with E-state index in [2.05, 4.69) is 36.3 Å². The van der Waals surface area contributed by atoms with Crippen LogP contribution in [-0.2, 0) is 0 Å². The van der Waals surface area contributed by atoms with Crippen molar-refractivity contribution in [2.24, 2.45) is 0 Å². The van der Waals surface area contributed by atoms with Crippen LogP contribution in [0.4, 0.5) is 0 Å². The Bertz CT molecular complexity index is 228. The Kier molecular flexibility index (Phi) is 4.79. The first-order valence-electron chi connectivity index (χ1n) is 4.72. The summed E-state index contributed by atoms with van der Waals surface area (Å²) in [4.78, 5) is 1.42. The van der Waals surface area contributed by atoms with Crippen molar-refractivity contribution in [3.05, 3.63) is 35.0 Å². The van der Waals surface area contributed by atoms with Crippen molar-refractivity contribution < 1.29 is 0 Å². The van der Waals surface area contributed by atoms with E-state index in [1.54, 1.807) is 0 Å². The zero-order valence-electron chi connectivity index (χ0n) is 8.12. The zero-order chi connectivity index (χ0) is 9.52. The highest BCUT2D eigenvalue weighted by Gasteiger charge is 2.03. The maximum absolute atomic E-state index is 3.70. The quantitative estimate of drug-likeness (QED) is 0.542. The maximum atomic E-state index is 3.70. The molecule has 0 aliphatic heterocycles. The highest BCUT2D eigenvalue weighted by atomic mass is 32.1. The van der Waals surface area contributed by atoms with Crippen LogP contribution in [0, 0.1) is 0 Å². The highest BCUT2D eigenvalue weighted by Crippen LogP contribution is 2.17. The lowest BCUT2D eigenvalue weighted by molar-refractivity contribution is 0.568. The minimum atomic E-state index is 0.491. The molecule has 0 amide bonds. The number of allylic oxidation sites excluding steroid dienone is 1. The highest BCUT2D eigenvalue weighted by molar-refractivity contribution is 7.10. The third kappa shape index (κ3) is 3.75. The van der Waals surface area contributed by atoms with Gasteiger partial charge in [0.15, 0.2) is 0 Å². The molecule has 1 nitrogen and oxygen atoms in total. The van der Waals surface area contributed by atoms with Gasteiger partial charge in [-0.05, 0) is 37.8 Å². The Morgan fingerprint density at radius 2 is 2.54 bits per heavy atom. The first-order valence-corrected chi connectivity index (χ1v) is 5.60. The Balaban J connectivity index is 2.18. The van der Waals surface area contributed by atoms with E-state index in [9.17, 15) is 0 Å². The average molecular weight is 195 g/mol. The molecule has 0 bridgehead atoms. The van der Waals surface area contributed by atoms with Crippen molar-refractivity contribution in [1.82, 2.24) is 5.32 Å². The molecule has 0 radical (unpaired) electrons. The average Bonchev–Trinajstić information content (AvgIpc) is 2.65. The van der Waals surface area contributed by atoms with Crippen LogP contribution in [0.5, 0.6) is 0 Å². The molecule has 0 spiro atoms. The first-order chi connectivity index (χ1) is 6.34. The molecule has 1 rings (SSSR count). The molecule has 1 N–H and O–H groups in total. The van der Waals surface area contributed by atoms with Crippen molar-refractivity contribution in [2.45, 2.75) is 25.8 Å². The van der Waals surface area contributed by atoms with Crippen molar-refractivity contribution in [2.75, 3.05) is 6.54 Å². The molecule has 0 aliphatic rings. The summed E-state index contributed by atoms with van der Waals surface area (Å²) >= 11 is 1.81. The van der Waals surface area contributed by atoms with Crippen LogP contribution in [0.1, 0.15) is 30.7 Å². The van der Waals surface area contributed by atoms with Gasteiger partial charge in [-0.2, -0.15) is 0 Å². The Labute approximate surface area is 84.5 Å². The third-order valence-electron chi connectivity index (χ3n) is 2.01. The fourth-order valence-corrected chi connectivity index (χ4v) is 1.96. The number of unbranched alkanes of at least 4 members (excludes halogenated alkanes) is 1. The molecule has 0 saturated carbocycles. The molecule has 0 aromatic carbocycles. The first kappa shape index (κ1) is 10.5. The van der Waals surface area contributed by atoms with Crippen LogP contribution in [-0.4, -0.2) is 6.54 Å². The molecular weight excluding hydrogens is 178 g/mol. The maximum Gasteiger partial charge on any atom is 0.0386 e.